The minimum atomic E-state index is -0.260. The molecule has 1 amide bonds. The second kappa shape index (κ2) is 7.42. The van der Waals surface area contributed by atoms with Gasteiger partial charge in [0.1, 0.15) is 5.82 Å². The monoisotopic (exact) mass is 348 g/mol. The molecule has 1 N–H and O–H groups in total. The summed E-state index contributed by atoms with van der Waals surface area (Å²) in [6, 6.07) is 8.27. The zero-order valence-electron chi connectivity index (χ0n) is 13.7. The maximum atomic E-state index is 13.1. The second-order valence-corrected chi connectivity index (χ2v) is 7.20. The van der Waals surface area contributed by atoms with Gasteiger partial charge in [-0.2, -0.15) is 0 Å². The van der Waals surface area contributed by atoms with Crippen molar-refractivity contribution in [1.29, 1.82) is 0 Å². The second-order valence-electron chi connectivity index (χ2n) is 5.94. The first-order chi connectivity index (χ1) is 11.6. The van der Waals surface area contributed by atoms with Crippen LogP contribution in [0.25, 0.3) is 11.1 Å². The number of aliphatic hydroxyl groups excluding tert-OH is 1. The van der Waals surface area contributed by atoms with Crippen LogP contribution >= 0.6 is 11.3 Å². The van der Waals surface area contributed by atoms with Crippen LogP contribution in [0.15, 0.2) is 30.3 Å². The molecule has 3 rings (SSSR count). The van der Waals surface area contributed by atoms with Crippen molar-refractivity contribution in [3.05, 3.63) is 45.9 Å². The zero-order valence-corrected chi connectivity index (χ0v) is 14.5. The Kier molecular flexibility index (Phi) is 5.28. The van der Waals surface area contributed by atoms with Gasteiger partial charge in [-0.15, -0.1) is 11.3 Å². The van der Waals surface area contributed by atoms with Gasteiger partial charge in [0.05, 0.1) is 11.5 Å². The molecule has 0 spiro atoms. The molecular weight excluding hydrogens is 327 g/mol. The largest absolute Gasteiger partial charge is 0.395 e. The lowest BCUT2D eigenvalue weighted by atomic mass is 10.1. The number of aliphatic hydroxyl groups is 1. The van der Waals surface area contributed by atoms with E-state index in [2.05, 4.69) is 4.90 Å². The molecule has 0 saturated carbocycles. The molecule has 1 fully saturated rings. The Labute approximate surface area is 145 Å². The van der Waals surface area contributed by atoms with Crippen molar-refractivity contribution in [3.63, 3.8) is 0 Å². The van der Waals surface area contributed by atoms with Gasteiger partial charge in [0.15, 0.2) is 0 Å². The molecule has 4 nitrogen and oxygen atoms in total. The summed E-state index contributed by atoms with van der Waals surface area (Å²) >= 11 is 1.49. The van der Waals surface area contributed by atoms with Crippen molar-refractivity contribution in [2.75, 3.05) is 39.3 Å². The topological polar surface area (TPSA) is 43.8 Å². The number of benzene rings is 1. The molecule has 0 radical (unpaired) electrons. The highest BCUT2D eigenvalue weighted by Gasteiger charge is 2.23. The van der Waals surface area contributed by atoms with Crippen LogP contribution in [0.5, 0.6) is 0 Å². The van der Waals surface area contributed by atoms with Gasteiger partial charge in [-0.05, 0) is 36.2 Å². The van der Waals surface area contributed by atoms with Gasteiger partial charge in [0.25, 0.3) is 5.91 Å². The normalized spacial score (nSPS) is 15.7. The molecule has 1 aromatic carbocycles. The van der Waals surface area contributed by atoms with E-state index < -0.39 is 0 Å². The minimum absolute atomic E-state index is 0.0557. The van der Waals surface area contributed by atoms with Crippen LogP contribution in [0.4, 0.5) is 4.39 Å². The fourth-order valence-corrected chi connectivity index (χ4v) is 3.99. The van der Waals surface area contributed by atoms with Crippen LogP contribution in [-0.4, -0.2) is 60.1 Å². The van der Waals surface area contributed by atoms with Gasteiger partial charge in [-0.3, -0.25) is 9.69 Å². The van der Waals surface area contributed by atoms with E-state index in [0.717, 1.165) is 34.0 Å². The summed E-state index contributed by atoms with van der Waals surface area (Å²) < 4.78 is 13.1. The van der Waals surface area contributed by atoms with Gasteiger partial charge in [-0.1, -0.05) is 12.1 Å². The molecule has 0 atom stereocenters. The van der Waals surface area contributed by atoms with Crippen molar-refractivity contribution in [1.82, 2.24) is 9.80 Å². The molecule has 0 bridgehead atoms. The fraction of sp³-hybridized carbons (Fsp3) is 0.389. The smallest absolute Gasteiger partial charge is 0.264 e. The number of β-amino-alcohol motifs (C(OH)–C–C–N with tert-alkyl or cyclic N) is 1. The van der Waals surface area contributed by atoms with E-state index in [9.17, 15) is 9.18 Å². The van der Waals surface area contributed by atoms with Crippen LogP contribution in [0.2, 0.25) is 0 Å². The lowest BCUT2D eigenvalue weighted by molar-refractivity contribution is 0.0619. The van der Waals surface area contributed by atoms with E-state index in [1.54, 1.807) is 12.1 Å². The first kappa shape index (κ1) is 17.1. The lowest BCUT2D eigenvalue weighted by Gasteiger charge is -2.34. The molecule has 128 valence electrons. The highest BCUT2D eigenvalue weighted by Crippen LogP contribution is 2.32. The Bertz CT molecular complexity index is 706. The molecule has 6 heteroatoms. The number of carbonyl (C=O) groups excluding carboxylic acids is 1. The standard InChI is InChI=1S/C18H21FN2O2S/c1-13-16(14-2-4-15(19)5-3-14)12-17(24-13)18(23)21-8-6-20(7-9-21)10-11-22/h2-5,12,22H,6-11H2,1H3. The van der Waals surface area contributed by atoms with Gasteiger partial charge in [0, 0.05) is 37.6 Å². The number of carbonyl (C=O) groups is 1. The Balaban J connectivity index is 1.73. The Morgan fingerprint density at radius 2 is 1.88 bits per heavy atom. The van der Waals surface area contributed by atoms with E-state index >= 15 is 0 Å². The molecule has 1 aromatic heterocycles. The quantitative estimate of drug-likeness (QED) is 0.924. The van der Waals surface area contributed by atoms with Crippen LogP contribution in [0, 0.1) is 12.7 Å². The highest BCUT2D eigenvalue weighted by molar-refractivity contribution is 7.14. The third kappa shape index (κ3) is 3.66. The Hall–Kier alpha value is -1.76. The molecule has 24 heavy (non-hydrogen) atoms. The van der Waals surface area contributed by atoms with Crippen molar-refractivity contribution < 1.29 is 14.3 Å². The number of amides is 1. The van der Waals surface area contributed by atoms with Crippen LogP contribution in [0.3, 0.4) is 0 Å². The maximum absolute atomic E-state index is 13.1. The molecule has 0 aliphatic carbocycles. The molecule has 1 aliphatic heterocycles. The van der Waals surface area contributed by atoms with Crippen molar-refractivity contribution in [2.45, 2.75) is 6.92 Å². The third-order valence-electron chi connectivity index (χ3n) is 4.36. The number of hydrogen-bond acceptors (Lipinski definition) is 4. The zero-order chi connectivity index (χ0) is 17.1. The molecular formula is C18H21FN2O2S. The van der Waals surface area contributed by atoms with E-state index in [4.69, 9.17) is 5.11 Å². The Morgan fingerprint density at radius 1 is 1.21 bits per heavy atom. The van der Waals surface area contributed by atoms with Crippen molar-refractivity contribution in [2.24, 2.45) is 0 Å². The van der Waals surface area contributed by atoms with Gasteiger partial charge in [-0.25, -0.2) is 4.39 Å². The van der Waals surface area contributed by atoms with Crippen LogP contribution in [0.1, 0.15) is 14.5 Å². The molecule has 0 unspecified atom stereocenters. The predicted octanol–water partition coefficient (Wildman–Crippen LogP) is 2.61. The first-order valence-electron chi connectivity index (χ1n) is 8.07. The minimum Gasteiger partial charge on any atom is -0.395 e. The number of nitrogens with zero attached hydrogens (tertiary/aromatic N) is 2. The number of halogens is 1. The molecule has 2 aromatic rings. The van der Waals surface area contributed by atoms with Gasteiger partial charge < -0.3 is 10.0 Å². The van der Waals surface area contributed by atoms with Gasteiger partial charge >= 0.3 is 0 Å². The molecule has 2 heterocycles. The van der Waals surface area contributed by atoms with Crippen molar-refractivity contribution >= 4 is 17.2 Å². The number of hydrogen-bond donors (Lipinski definition) is 1. The Morgan fingerprint density at radius 3 is 2.50 bits per heavy atom. The summed E-state index contributed by atoms with van der Waals surface area (Å²) in [5.41, 5.74) is 1.92. The lowest BCUT2D eigenvalue weighted by Crippen LogP contribution is -2.49. The fourth-order valence-electron chi connectivity index (χ4n) is 2.98. The highest BCUT2D eigenvalue weighted by atomic mass is 32.1. The van der Waals surface area contributed by atoms with Gasteiger partial charge in [0.2, 0.25) is 0 Å². The van der Waals surface area contributed by atoms with E-state index in [0.29, 0.717) is 19.6 Å². The molecule has 1 aliphatic rings. The summed E-state index contributed by atoms with van der Waals surface area (Å²) in [4.78, 5) is 18.5. The van der Waals surface area contributed by atoms with Crippen LogP contribution < -0.4 is 0 Å². The van der Waals surface area contributed by atoms with Crippen molar-refractivity contribution in [3.8, 4) is 11.1 Å². The maximum Gasteiger partial charge on any atom is 0.264 e. The summed E-state index contributed by atoms with van der Waals surface area (Å²) in [7, 11) is 0. The third-order valence-corrected chi connectivity index (χ3v) is 5.40. The van der Waals surface area contributed by atoms with E-state index in [1.807, 2.05) is 17.9 Å². The molecule has 1 saturated heterocycles. The summed E-state index contributed by atoms with van der Waals surface area (Å²) in [5.74, 6) is -0.205. The average Bonchev–Trinajstić information content (AvgIpc) is 2.98. The van der Waals surface area contributed by atoms with Crippen LogP contribution in [-0.2, 0) is 0 Å². The summed E-state index contributed by atoms with van der Waals surface area (Å²) in [5, 5.41) is 8.99. The number of piperazine rings is 1. The van der Waals surface area contributed by atoms with E-state index in [-0.39, 0.29) is 18.3 Å². The summed E-state index contributed by atoms with van der Waals surface area (Å²) in [6.07, 6.45) is 0. The van der Waals surface area contributed by atoms with E-state index in [1.165, 1.54) is 23.5 Å². The number of aryl methyl sites for hydroxylation is 1. The number of thiophene rings is 1. The summed E-state index contributed by atoms with van der Waals surface area (Å²) in [6.45, 7) is 5.75. The number of rotatable bonds is 4. The SMILES string of the molecule is Cc1sc(C(=O)N2CCN(CCO)CC2)cc1-c1ccc(F)cc1. The predicted molar refractivity (Wildman–Crippen MR) is 93.9 cm³/mol. The first-order valence-corrected chi connectivity index (χ1v) is 8.89. The average molecular weight is 348 g/mol.